The Labute approximate surface area is 315 Å². The SMILES string of the molecule is CC1(C)c2ccccc2C2(c3ccccc3-c3c(-c4ccc(-c5cc(-c6ccc(C#N)cc6)nc(-c6ccccc6)n5)cc4)cccc32)c2ccccc21. The summed E-state index contributed by atoms with van der Waals surface area (Å²) in [4.78, 5) is 10.0. The smallest absolute Gasteiger partial charge is 0.160 e. The van der Waals surface area contributed by atoms with Crippen LogP contribution in [-0.2, 0) is 10.8 Å². The molecule has 0 saturated heterocycles. The van der Waals surface area contributed by atoms with Crippen molar-refractivity contribution >= 4 is 0 Å². The second-order valence-electron chi connectivity index (χ2n) is 14.8. The third kappa shape index (κ3) is 4.60. The van der Waals surface area contributed by atoms with Crippen LogP contribution in [0, 0.1) is 11.3 Å². The Kier molecular flexibility index (Phi) is 7.12. The lowest BCUT2D eigenvalue weighted by atomic mass is 9.55. The Balaban J connectivity index is 1.14. The summed E-state index contributed by atoms with van der Waals surface area (Å²) < 4.78 is 0. The molecule has 0 aliphatic heterocycles. The van der Waals surface area contributed by atoms with Gasteiger partial charge in [-0.1, -0.05) is 172 Å². The van der Waals surface area contributed by atoms with Crippen molar-refractivity contribution in [2.24, 2.45) is 0 Å². The molecule has 7 aromatic carbocycles. The Morgan fingerprint density at radius 2 is 0.907 bits per heavy atom. The highest BCUT2D eigenvalue weighted by Gasteiger charge is 2.53. The van der Waals surface area contributed by atoms with Crippen LogP contribution in [0.25, 0.3) is 56.2 Å². The Morgan fingerprint density at radius 3 is 1.52 bits per heavy atom. The van der Waals surface area contributed by atoms with Crippen LogP contribution in [-0.4, -0.2) is 9.97 Å². The van der Waals surface area contributed by atoms with Crippen LogP contribution in [0.3, 0.4) is 0 Å². The van der Waals surface area contributed by atoms with Crippen molar-refractivity contribution in [3.05, 3.63) is 215 Å². The second kappa shape index (κ2) is 12.1. The van der Waals surface area contributed by atoms with Gasteiger partial charge in [-0.3, -0.25) is 0 Å². The van der Waals surface area contributed by atoms with E-state index in [9.17, 15) is 5.26 Å². The molecule has 0 fully saturated rings. The van der Waals surface area contributed by atoms with Crippen LogP contribution >= 0.6 is 0 Å². The number of benzene rings is 7. The molecule has 10 rings (SSSR count). The number of fused-ring (bicyclic) bond motifs is 9. The molecule has 0 bridgehead atoms. The maximum absolute atomic E-state index is 9.38. The third-order valence-electron chi connectivity index (χ3n) is 11.6. The first-order valence-electron chi connectivity index (χ1n) is 18.5. The van der Waals surface area contributed by atoms with E-state index in [4.69, 9.17) is 9.97 Å². The van der Waals surface area contributed by atoms with Crippen LogP contribution in [0.15, 0.2) is 176 Å². The van der Waals surface area contributed by atoms with Gasteiger partial charge < -0.3 is 0 Å². The predicted octanol–water partition coefficient (Wildman–Crippen LogP) is 12.0. The molecule has 0 N–H and O–H groups in total. The monoisotopic (exact) mass is 689 g/mol. The van der Waals surface area contributed by atoms with Gasteiger partial charge in [-0.25, -0.2) is 9.97 Å². The van der Waals surface area contributed by atoms with E-state index < -0.39 is 5.41 Å². The first-order chi connectivity index (χ1) is 26.5. The molecule has 54 heavy (non-hydrogen) atoms. The average Bonchev–Trinajstić information content (AvgIpc) is 3.54. The first-order valence-corrected chi connectivity index (χ1v) is 18.5. The van der Waals surface area contributed by atoms with Gasteiger partial charge in [0.1, 0.15) is 0 Å². The van der Waals surface area contributed by atoms with Crippen molar-refractivity contribution in [1.82, 2.24) is 9.97 Å². The summed E-state index contributed by atoms with van der Waals surface area (Å²) in [5.41, 5.74) is 17.7. The second-order valence-corrected chi connectivity index (χ2v) is 14.8. The Bertz CT molecular complexity index is 2740. The zero-order valence-electron chi connectivity index (χ0n) is 30.1. The van der Waals surface area contributed by atoms with E-state index in [0.717, 1.165) is 33.6 Å². The van der Waals surface area contributed by atoms with E-state index in [0.29, 0.717) is 11.4 Å². The van der Waals surface area contributed by atoms with E-state index in [1.165, 1.54) is 50.1 Å². The fraction of sp³-hybridized carbons (Fsp3) is 0.0784. The summed E-state index contributed by atoms with van der Waals surface area (Å²) in [7, 11) is 0. The van der Waals surface area contributed by atoms with Gasteiger partial charge in [-0.15, -0.1) is 0 Å². The van der Waals surface area contributed by atoms with Crippen LogP contribution in [0.4, 0.5) is 0 Å². The largest absolute Gasteiger partial charge is 0.228 e. The molecule has 0 amide bonds. The molecule has 254 valence electrons. The van der Waals surface area contributed by atoms with Crippen LogP contribution in [0.5, 0.6) is 0 Å². The van der Waals surface area contributed by atoms with E-state index in [2.05, 4.69) is 135 Å². The Hall–Kier alpha value is -6.89. The molecule has 8 aromatic rings. The fourth-order valence-electron chi connectivity index (χ4n) is 9.14. The van der Waals surface area contributed by atoms with Gasteiger partial charge >= 0.3 is 0 Å². The quantitative estimate of drug-likeness (QED) is 0.185. The zero-order chi connectivity index (χ0) is 36.4. The molecule has 0 unspecified atom stereocenters. The lowest BCUT2D eigenvalue weighted by Gasteiger charge is -2.46. The van der Waals surface area contributed by atoms with Crippen molar-refractivity contribution in [2.75, 3.05) is 0 Å². The van der Waals surface area contributed by atoms with Crippen molar-refractivity contribution in [3.8, 4) is 62.2 Å². The molecule has 0 atom stereocenters. The van der Waals surface area contributed by atoms with Crippen LogP contribution in [0.1, 0.15) is 52.8 Å². The Morgan fingerprint density at radius 1 is 0.426 bits per heavy atom. The van der Waals surface area contributed by atoms with E-state index in [1.807, 2.05) is 60.7 Å². The molecule has 1 spiro atoms. The number of nitriles is 1. The molecule has 2 aliphatic rings. The van der Waals surface area contributed by atoms with E-state index >= 15 is 0 Å². The molecular formula is C51H35N3. The topological polar surface area (TPSA) is 49.6 Å². The number of hydrogen-bond donors (Lipinski definition) is 0. The van der Waals surface area contributed by atoms with Crippen LogP contribution in [0.2, 0.25) is 0 Å². The van der Waals surface area contributed by atoms with Gasteiger partial charge in [0.05, 0.1) is 28.4 Å². The molecule has 0 radical (unpaired) electrons. The minimum atomic E-state index is -0.429. The standard InChI is InChI=1S/C51H35N3/c1-50(2)41-18-8-10-20-43(41)51(44-21-11-9-19-42(44)50)40-17-7-6-15-39(40)48-38(16-12-22-45(48)51)34-27-29-36(30-28-34)47-31-46(35-25-23-33(32-52)24-26-35)53-49(54-47)37-13-4-3-5-14-37/h3-31H,1-2H3. The maximum Gasteiger partial charge on any atom is 0.160 e. The summed E-state index contributed by atoms with van der Waals surface area (Å²) in [6, 6.07) is 64.8. The minimum absolute atomic E-state index is 0.134. The van der Waals surface area contributed by atoms with Gasteiger partial charge in [0, 0.05) is 22.1 Å². The number of rotatable bonds is 4. The molecule has 2 aliphatic carbocycles. The summed E-state index contributed by atoms with van der Waals surface area (Å²) in [5.74, 6) is 0.663. The van der Waals surface area contributed by atoms with Gasteiger partial charge in [0.25, 0.3) is 0 Å². The van der Waals surface area contributed by atoms with Crippen LogP contribution < -0.4 is 0 Å². The first kappa shape index (κ1) is 31.8. The van der Waals surface area contributed by atoms with Gasteiger partial charge in [0.2, 0.25) is 0 Å². The summed E-state index contributed by atoms with van der Waals surface area (Å²) in [6.07, 6.45) is 0. The minimum Gasteiger partial charge on any atom is -0.228 e. The van der Waals surface area contributed by atoms with Crippen molar-refractivity contribution in [2.45, 2.75) is 24.7 Å². The highest BCUT2D eigenvalue weighted by atomic mass is 14.9. The van der Waals surface area contributed by atoms with E-state index in [-0.39, 0.29) is 5.41 Å². The van der Waals surface area contributed by atoms with E-state index in [1.54, 1.807) is 0 Å². The number of hydrogen-bond acceptors (Lipinski definition) is 3. The van der Waals surface area contributed by atoms with Gasteiger partial charge in [-0.2, -0.15) is 5.26 Å². The lowest BCUT2D eigenvalue weighted by Crippen LogP contribution is -2.40. The lowest BCUT2D eigenvalue weighted by molar-refractivity contribution is 0.563. The molecule has 0 saturated carbocycles. The number of nitrogens with zero attached hydrogens (tertiary/aromatic N) is 3. The normalized spacial score (nSPS) is 14.0. The van der Waals surface area contributed by atoms with Gasteiger partial charge in [-0.05, 0) is 73.8 Å². The van der Waals surface area contributed by atoms with Gasteiger partial charge in [0.15, 0.2) is 5.82 Å². The van der Waals surface area contributed by atoms with Crippen molar-refractivity contribution < 1.29 is 0 Å². The maximum atomic E-state index is 9.38. The fourth-order valence-corrected chi connectivity index (χ4v) is 9.14. The molecule has 1 heterocycles. The molecule has 3 nitrogen and oxygen atoms in total. The summed E-state index contributed by atoms with van der Waals surface area (Å²) in [5, 5.41) is 9.38. The molecular weight excluding hydrogens is 655 g/mol. The number of aromatic nitrogens is 2. The van der Waals surface area contributed by atoms with Crippen molar-refractivity contribution in [1.29, 1.82) is 5.26 Å². The summed E-state index contributed by atoms with van der Waals surface area (Å²) in [6.45, 7) is 4.73. The highest BCUT2D eigenvalue weighted by Crippen LogP contribution is 2.63. The predicted molar refractivity (Wildman–Crippen MR) is 218 cm³/mol. The zero-order valence-corrected chi connectivity index (χ0v) is 30.1. The highest BCUT2D eigenvalue weighted by molar-refractivity contribution is 5.96. The molecule has 1 aromatic heterocycles. The van der Waals surface area contributed by atoms with Crippen molar-refractivity contribution in [3.63, 3.8) is 0 Å². The average molecular weight is 690 g/mol. The third-order valence-corrected chi connectivity index (χ3v) is 11.6. The molecule has 3 heteroatoms. The summed E-state index contributed by atoms with van der Waals surface area (Å²) >= 11 is 0.